The Balaban J connectivity index is 2.83. The van der Waals surface area contributed by atoms with Crippen molar-refractivity contribution >= 4 is 0 Å². The van der Waals surface area contributed by atoms with Crippen molar-refractivity contribution in [2.45, 2.75) is 20.3 Å². The van der Waals surface area contributed by atoms with Crippen LogP contribution < -0.4 is 4.74 Å². The third-order valence-corrected chi connectivity index (χ3v) is 1.43. The highest BCUT2D eigenvalue weighted by Gasteiger charge is 1.99. The average molecular weight is 150 g/mol. The van der Waals surface area contributed by atoms with E-state index < -0.39 is 0 Å². The molecule has 0 aliphatic rings. The Morgan fingerprint density at radius 3 is 3.00 bits per heavy atom. The van der Waals surface area contributed by atoms with E-state index in [4.69, 9.17) is 4.74 Å². The predicted molar refractivity (Wildman–Crippen MR) is 43.6 cm³/mol. The van der Waals surface area contributed by atoms with Gasteiger partial charge in [-0.2, -0.15) is 0 Å². The van der Waals surface area contributed by atoms with E-state index >= 15 is 0 Å². The summed E-state index contributed by atoms with van der Waals surface area (Å²) in [6.45, 7) is 4.71. The Bertz CT molecular complexity index is 223. The van der Waals surface area contributed by atoms with Gasteiger partial charge in [-0.3, -0.25) is 4.98 Å². The molecule has 0 aromatic carbocycles. The lowest BCUT2D eigenvalue weighted by atomic mass is 10.3. The monoisotopic (exact) mass is 150 g/mol. The summed E-state index contributed by atoms with van der Waals surface area (Å²) in [5.41, 5.74) is 1.01. The van der Waals surface area contributed by atoms with E-state index in [1.807, 2.05) is 13.0 Å². The maximum Gasteiger partial charge on any atom is 0.141 e. The van der Waals surface area contributed by atoms with Gasteiger partial charge in [-0.05, 0) is 19.4 Å². The lowest BCUT2D eigenvalue weighted by Gasteiger charge is -2.05. The number of hydrogen-bond acceptors (Lipinski definition) is 2. The van der Waals surface area contributed by atoms with Crippen molar-refractivity contribution in [2.24, 2.45) is 0 Å². The molecule has 0 unspecified atom stereocenters. The second kappa shape index (κ2) is 3.96. The third-order valence-electron chi connectivity index (χ3n) is 1.43. The van der Waals surface area contributed by atoms with Crippen LogP contribution in [0.15, 0.2) is 12.3 Å². The number of hydrogen-bond donors (Lipinski definition) is 0. The molecule has 0 aliphatic heterocycles. The topological polar surface area (TPSA) is 22.1 Å². The van der Waals surface area contributed by atoms with Gasteiger partial charge in [0.1, 0.15) is 5.75 Å². The van der Waals surface area contributed by atoms with Crippen molar-refractivity contribution < 1.29 is 4.74 Å². The molecule has 1 radical (unpaired) electrons. The molecule has 0 saturated heterocycles. The molecule has 2 heteroatoms. The molecular formula is C9H12NO. The summed E-state index contributed by atoms with van der Waals surface area (Å²) >= 11 is 0. The molecule has 1 rings (SSSR count). The quantitative estimate of drug-likeness (QED) is 0.656. The van der Waals surface area contributed by atoms with Crippen molar-refractivity contribution in [3.63, 3.8) is 0 Å². The molecule has 0 spiro atoms. The molecule has 11 heavy (non-hydrogen) atoms. The summed E-state index contributed by atoms with van der Waals surface area (Å²) < 4.78 is 5.33. The third kappa shape index (κ3) is 1.93. The minimum absolute atomic E-state index is 0.687. The van der Waals surface area contributed by atoms with Crippen molar-refractivity contribution in [1.29, 1.82) is 0 Å². The largest absolute Gasteiger partial charge is 0.492 e. The molecule has 0 aliphatic carbocycles. The van der Waals surface area contributed by atoms with Gasteiger partial charge in [0, 0.05) is 12.3 Å². The molecule has 0 bridgehead atoms. The molecule has 0 N–H and O–H groups in total. The molecule has 0 saturated carbocycles. The molecule has 59 valence electrons. The molecule has 1 aromatic rings. The van der Waals surface area contributed by atoms with Gasteiger partial charge in [-0.25, -0.2) is 0 Å². The molecule has 1 heterocycles. The standard InChI is InChI=1S/C9H12NO/c1-3-8-9(11-4-2)6-5-7-10-8/h6-7H,3-4H2,1-2H3. The van der Waals surface area contributed by atoms with Crippen molar-refractivity contribution in [3.8, 4) is 5.75 Å². The average Bonchev–Trinajstić information content (AvgIpc) is 2.06. The highest BCUT2D eigenvalue weighted by Crippen LogP contribution is 2.14. The minimum atomic E-state index is 0.687. The zero-order valence-corrected chi connectivity index (χ0v) is 6.92. The normalized spacial score (nSPS) is 9.64. The van der Waals surface area contributed by atoms with Crippen molar-refractivity contribution in [2.75, 3.05) is 6.61 Å². The Morgan fingerprint density at radius 1 is 1.55 bits per heavy atom. The summed E-state index contributed by atoms with van der Waals surface area (Å²) in [5, 5.41) is 0. The smallest absolute Gasteiger partial charge is 0.141 e. The maximum absolute atomic E-state index is 5.33. The first-order chi connectivity index (χ1) is 5.38. The van der Waals surface area contributed by atoms with Gasteiger partial charge in [-0.15, -0.1) is 0 Å². The minimum Gasteiger partial charge on any atom is -0.492 e. The fourth-order valence-electron chi connectivity index (χ4n) is 0.921. The van der Waals surface area contributed by atoms with Crippen LogP contribution in [0.3, 0.4) is 0 Å². The van der Waals surface area contributed by atoms with Crippen LogP contribution in [-0.2, 0) is 6.42 Å². The molecule has 2 nitrogen and oxygen atoms in total. The first kappa shape index (κ1) is 8.05. The summed E-state index contributed by atoms with van der Waals surface area (Å²) in [5.74, 6) is 0.859. The molecular weight excluding hydrogens is 138 g/mol. The van der Waals surface area contributed by atoms with Crippen molar-refractivity contribution in [3.05, 3.63) is 24.0 Å². The van der Waals surface area contributed by atoms with Gasteiger partial charge in [0.05, 0.1) is 12.3 Å². The molecule has 0 atom stereocenters. The van der Waals surface area contributed by atoms with Crippen LogP contribution in [0.25, 0.3) is 0 Å². The lowest BCUT2D eigenvalue weighted by molar-refractivity contribution is 0.335. The number of pyridine rings is 1. The van der Waals surface area contributed by atoms with Gasteiger partial charge in [0.25, 0.3) is 0 Å². The van der Waals surface area contributed by atoms with Crippen LogP contribution in [0.4, 0.5) is 0 Å². The van der Waals surface area contributed by atoms with Crippen LogP contribution >= 0.6 is 0 Å². The summed E-state index contributed by atoms with van der Waals surface area (Å²) in [6, 6.07) is 4.71. The van der Waals surface area contributed by atoms with Gasteiger partial charge in [-0.1, -0.05) is 6.92 Å². The Morgan fingerprint density at radius 2 is 2.36 bits per heavy atom. The maximum atomic E-state index is 5.33. The summed E-state index contributed by atoms with van der Waals surface area (Å²) in [4.78, 5) is 4.14. The summed E-state index contributed by atoms with van der Waals surface area (Å²) in [7, 11) is 0. The fourth-order valence-corrected chi connectivity index (χ4v) is 0.921. The van der Waals surface area contributed by atoms with Gasteiger partial charge < -0.3 is 4.74 Å². The Kier molecular flexibility index (Phi) is 2.90. The zero-order chi connectivity index (χ0) is 8.10. The SMILES string of the molecule is CCOc1c[c]cnc1CC. The predicted octanol–water partition coefficient (Wildman–Crippen LogP) is 1.84. The van der Waals surface area contributed by atoms with E-state index in [1.165, 1.54) is 0 Å². The van der Waals surface area contributed by atoms with Gasteiger partial charge >= 0.3 is 0 Å². The van der Waals surface area contributed by atoms with Crippen LogP contribution in [0.1, 0.15) is 19.5 Å². The molecule has 0 fully saturated rings. The van der Waals surface area contributed by atoms with E-state index in [1.54, 1.807) is 6.20 Å². The van der Waals surface area contributed by atoms with E-state index in [0.29, 0.717) is 6.61 Å². The van der Waals surface area contributed by atoms with Crippen LogP contribution in [-0.4, -0.2) is 11.6 Å². The van der Waals surface area contributed by atoms with Crippen molar-refractivity contribution in [1.82, 2.24) is 4.98 Å². The second-order valence-electron chi connectivity index (χ2n) is 2.17. The number of aryl methyl sites for hydroxylation is 1. The second-order valence-corrected chi connectivity index (χ2v) is 2.17. The van der Waals surface area contributed by atoms with Gasteiger partial charge in [0.2, 0.25) is 0 Å². The highest BCUT2D eigenvalue weighted by atomic mass is 16.5. The van der Waals surface area contributed by atoms with E-state index in [9.17, 15) is 0 Å². The molecule has 1 aromatic heterocycles. The Hall–Kier alpha value is -1.05. The first-order valence-corrected chi connectivity index (χ1v) is 3.86. The summed E-state index contributed by atoms with van der Waals surface area (Å²) in [6.07, 6.45) is 2.57. The number of ether oxygens (including phenoxy) is 1. The van der Waals surface area contributed by atoms with Gasteiger partial charge in [0.15, 0.2) is 0 Å². The van der Waals surface area contributed by atoms with E-state index in [-0.39, 0.29) is 0 Å². The number of rotatable bonds is 3. The number of nitrogens with zero attached hydrogens (tertiary/aromatic N) is 1. The fraction of sp³-hybridized carbons (Fsp3) is 0.444. The lowest BCUT2D eigenvalue weighted by Crippen LogP contribution is -1.97. The van der Waals surface area contributed by atoms with E-state index in [0.717, 1.165) is 17.9 Å². The number of aromatic nitrogens is 1. The van der Waals surface area contributed by atoms with Crippen LogP contribution in [0.5, 0.6) is 5.75 Å². The first-order valence-electron chi connectivity index (χ1n) is 3.86. The van der Waals surface area contributed by atoms with Crippen LogP contribution in [0, 0.1) is 6.07 Å². The zero-order valence-electron chi connectivity index (χ0n) is 6.92. The molecule has 0 amide bonds. The Labute approximate surface area is 67.2 Å². The van der Waals surface area contributed by atoms with E-state index in [2.05, 4.69) is 18.0 Å². The highest BCUT2D eigenvalue weighted by molar-refractivity contribution is 5.25. The van der Waals surface area contributed by atoms with Crippen LogP contribution in [0.2, 0.25) is 0 Å².